The molecular formula is C21H21F2IN2O. The van der Waals surface area contributed by atoms with Crippen LogP contribution in [0.15, 0.2) is 48.0 Å². The van der Waals surface area contributed by atoms with E-state index in [2.05, 4.69) is 30.9 Å². The van der Waals surface area contributed by atoms with Gasteiger partial charge in [-0.1, -0.05) is 18.2 Å². The molecule has 3 nitrogen and oxygen atoms in total. The van der Waals surface area contributed by atoms with E-state index >= 15 is 0 Å². The lowest BCUT2D eigenvalue weighted by Gasteiger charge is -2.34. The van der Waals surface area contributed by atoms with Gasteiger partial charge in [-0.15, -0.1) is 0 Å². The Morgan fingerprint density at radius 2 is 1.74 bits per heavy atom. The summed E-state index contributed by atoms with van der Waals surface area (Å²) in [6.45, 7) is 4.85. The summed E-state index contributed by atoms with van der Waals surface area (Å²) in [5, 5.41) is 0. The van der Waals surface area contributed by atoms with E-state index < -0.39 is 6.67 Å². The van der Waals surface area contributed by atoms with Gasteiger partial charge in [-0.3, -0.25) is 4.90 Å². The molecule has 0 unspecified atom stereocenters. The van der Waals surface area contributed by atoms with E-state index in [1.807, 2.05) is 12.1 Å². The van der Waals surface area contributed by atoms with Crippen molar-refractivity contribution in [3.05, 3.63) is 70.5 Å². The maximum Gasteiger partial charge on any atom is 0.127 e. The minimum Gasteiger partial charge on any atom is -0.489 e. The van der Waals surface area contributed by atoms with Crippen molar-refractivity contribution < 1.29 is 13.5 Å². The van der Waals surface area contributed by atoms with Gasteiger partial charge < -0.3 is 4.74 Å². The van der Waals surface area contributed by atoms with E-state index in [1.54, 1.807) is 18.2 Å². The summed E-state index contributed by atoms with van der Waals surface area (Å²) in [4.78, 5) is 2.42. The number of alkyl halides is 1. The van der Waals surface area contributed by atoms with Crippen molar-refractivity contribution >= 4 is 28.4 Å². The third-order valence-electron chi connectivity index (χ3n) is 5.09. The fourth-order valence-corrected chi connectivity index (χ4v) is 4.09. The highest BCUT2D eigenvalue weighted by Crippen LogP contribution is 2.38. The molecule has 0 bridgehead atoms. The SMILES string of the molecule is FCc1ccc2c(c1)C(c1ccc(F)cc1)=C(CN1CCN(I)CC1)CO2. The molecule has 1 saturated heterocycles. The second-order valence-corrected chi connectivity index (χ2v) is 8.29. The van der Waals surface area contributed by atoms with Crippen LogP contribution in [0.1, 0.15) is 16.7 Å². The molecule has 0 aliphatic carbocycles. The Kier molecular flexibility index (Phi) is 5.75. The van der Waals surface area contributed by atoms with Crippen LogP contribution in [0.4, 0.5) is 8.78 Å². The number of hydrogen-bond donors (Lipinski definition) is 0. The fraction of sp³-hybridized carbons (Fsp3) is 0.333. The smallest absolute Gasteiger partial charge is 0.127 e. The first-order chi connectivity index (χ1) is 13.1. The molecule has 142 valence electrons. The number of piperazine rings is 1. The fourth-order valence-electron chi connectivity index (χ4n) is 3.66. The zero-order chi connectivity index (χ0) is 18.8. The molecule has 2 heterocycles. The van der Waals surface area contributed by atoms with E-state index in [0.29, 0.717) is 12.2 Å². The average molecular weight is 482 g/mol. The number of ether oxygens (including phenoxy) is 1. The number of halogens is 3. The molecule has 0 radical (unpaired) electrons. The first-order valence-electron chi connectivity index (χ1n) is 9.07. The largest absolute Gasteiger partial charge is 0.489 e. The summed E-state index contributed by atoms with van der Waals surface area (Å²) in [6, 6.07) is 12.0. The van der Waals surface area contributed by atoms with Gasteiger partial charge in [0, 0.05) is 61.2 Å². The molecular weight excluding hydrogens is 461 g/mol. The van der Waals surface area contributed by atoms with Gasteiger partial charge in [0.2, 0.25) is 0 Å². The van der Waals surface area contributed by atoms with Crippen molar-refractivity contribution in [2.24, 2.45) is 0 Å². The average Bonchev–Trinajstić information content (AvgIpc) is 2.70. The molecule has 2 aromatic carbocycles. The molecule has 0 saturated carbocycles. The monoisotopic (exact) mass is 482 g/mol. The third kappa shape index (κ3) is 4.17. The highest BCUT2D eigenvalue weighted by Gasteiger charge is 2.25. The van der Waals surface area contributed by atoms with E-state index in [4.69, 9.17) is 4.74 Å². The Hall–Kier alpha value is -1.51. The van der Waals surface area contributed by atoms with Crippen LogP contribution in [0.3, 0.4) is 0 Å². The van der Waals surface area contributed by atoms with Crippen molar-refractivity contribution in [2.75, 3.05) is 39.3 Å². The zero-order valence-corrected chi connectivity index (χ0v) is 17.1. The van der Waals surface area contributed by atoms with E-state index in [9.17, 15) is 8.78 Å². The van der Waals surface area contributed by atoms with Crippen LogP contribution in [-0.4, -0.2) is 47.3 Å². The molecule has 2 aliphatic heterocycles. The van der Waals surface area contributed by atoms with Crippen LogP contribution in [0, 0.1) is 5.82 Å². The molecule has 27 heavy (non-hydrogen) atoms. The number of rotatable bonds is 4. The Morgan fingerprint density at radius 3 is 2.44 bits per heavy atom. The third-order valence-corrected chi connectivity index (χ3v) is 6.05. The molecule has 0 aromatic heterocycles. The lowest BCUT2D eigenvalue weighted by molar-refractivity contribution is 0.212. The van der Waals surface area contributed by atoms with Crippen LogP contribution < -0.4 is 4.74 Å². The van der Waals surface area contributed by atoms with E-state index in [0.717, 1.165) is 60.7 Å². The van der Waals surface area contributed by atoms with Crippen LogP contribution in [0.25, 0.3) is 5.57 Å². The second-order valence-electron chi connectivity index (χ2n) is 6.92. The summed E-state index contributed by atoms with van der Waals surface area (Å²) < 4.78 is 35.0. The Labute approximate surface area is 172 Å². The molecule has 1 fully saturated rings. The number of benzene rings is 2. The van der Waals surface area contributed by atoms with Gasteiger partial charge in [-0.05, 0) is 46.5 Å². The van der Waals surface area contributed by atoms with Gasteiger partial charge in [0.15, 0.2) is 0 Å². The van der Waals surface area contributed by atoms with Crippen LogP contribution in [0.5, 0.6) is 5.75 Å². The van der Waals surface area contributed by atoms with Gasteiger partial charge in [0.1, 0.15) is 24.8 Å². The van der Waals surface area contributed by atoms with Crippen molar-refractivity contribution in [1.82, 2.24) is 8.01 Å². The van der Waals surface area contributed by atoms with Gasteiger partial charge in [-0.25, -0.2) is 11.9 Å². The van der Waals surface area contributed by atoms with E-state index in [-0.39, 0.29) is 5.82 Å². The summed E-state index contributed by atoms with van der Waals surface area (Å²) in [6.07, 6.45) is 0. The minimum atomic E-state index is -0.517. The van der Waals surface area contributed by atoms with Gasteiger partial charge >= 0.3 is 0 Å². The highest BCUT2D eigenvalue weighted by molar-refractivity contribution is 14.1. The number of fused-ring (bicyclic) bond motifs is 1. The quantitative estimate of drug-likeness (QED) is 0.473. The van der Waals surface area contributed by atoms with Gasteiger partial charge in [-0.2, -0.15) is 0 Å². The van der Waals surface area contributed by atoms with Crippen molar-refractivity contribution in [1.29, 1.82) is 0 Å². The molecule has 0 N–H and O–H groups in total. The highest BCUT2D eigenvalue weighted by atomic mass is 127. The van der Waals surface area contributed by atoms with Crippen molar-refractivity contribution in [2.45, 2.75) is 6.67 Å². The Morgan fingerprint density at radius 1 is 1.00 bits per heavy atom. The summed E-state index contributed by atoms with van der Waals surface area (Å²) in [5.74, 6) is 0.496. The second kappa shape index (κ2) is 8.24. The topological polar surface area (TPSA) is 15.7 Å². The summed E-state index contributed by atoms with van der Waals surface area (Å²) in [5.41, 5.74) is 4.66. The molecule has 0 amide bonds. The van der Waals surface area contributed by atoms with Gasteiger partial charge in [0.25, 0.3) is 0 Å². The lowest BCUT2D eigenvalue weighted by atomic mass is 9.89. The predicted molar refractivity (Wildman–Crippen MR) is 111 cm³/mol. The molecule has 4 rings (SSSR count). The molecule has 0 atom stereocenters. The minimum absolute atomic E-state index is 0.260. The first kappa shape index (κ1) is 18.8. The molecule has 2 aromatic rings. The molecule has 2 aliphatic rings. The van der Waals surface area contributed by atoms with Gasteiger partial charge in [0.05, 0.1) is 0 Å². The van der Waals surface area contributed by atoms with E-state index in [1.165, 1.54) is 12.1 Å². The van der Waals surface area contributed by atoms with Crippen LogP contribution in [-0.2, 0) is 6.67 Å². The normalized spacial score (nSPS) is 18.3. The zero-order valence-electron chi connectivity index (χ0n) is 14.9. The summed E-state index contributed by atoms with van der Waals surface area (Å²) >= 11 is 2.36. The standard InChI is InChI=1S/C21H21F2IN2O/c22-12-15-1-6-20-19(11-15)21(16-2-4-18(23)5-3-16)17(14-27-20)13-25-7-9-26(24)10-8-25/h1-6,11H,7-10,12-14H2. The lowest BCUT2D eigenvalue weighted by Crippen LogP contribution is -2.43. The van der Waals surface area contributed by atoms with Crippen LogP contribution in [0.2, 0.25) is 0 Å². The maximum absolute atomic E-state index is 13.5. The number of hydrogen-bond acceptors (Lipinski definition) is 3. The van der Waals surface area contributed by atoms with Crippen molar-refractivity contribution in [3.8, 4) is 5.75 Å². The number of nitrogens with zero attached hydrogens (tertiary/aromatic N) is 2. The Balaban J connectivity index is 1.75. The maximum atomic E-state index is 13.5. The van der Waals surface area contributed by atoms with Crippen molar-refractivity contribution in [3.63, 3.8) is 0 Å². The molecule has 0 spiro atoms. The molecule has 6 heteroatoms. The first-order valence-corrected chi connectivity index (χ1v) is 10.0. The predicted octanol–water partition coefficient (Wildman–Crippen LogP) is 4.46. The van der Waals surface area contributed by atoms with Crippen LogP contribution >= 0.6 is 22.9 Å². The Bertz CT molecular complexity index is 846. The summed E-state index contributed by atoms with van der Waals surface area (Å²) in [7, 11) is 0.